The largest absolute Gasteiger partial charge is 0.349 e. The zero-order valence-electron chi connectivity index (χ0n) is 12.8. The van der Waals surface area contributed by atoms with Crippen molar-refractivity contribution in [3.63, 3.8) is 0 Å². The van der Waals surface area contributed by atoms with Crippen LogP contribution in [0.3, 0.4) is 0 Å². The second-order valence-corrected chi connectivity index (χ2v) is 5.04. The molecule has 2 aromatic rings. The van der Waals surface area contributed by atoms with E-state index in [-0.39, 0.29) is 5.91 Å². The first-order chi connectivity index (χ1) is 10.1. The highest BCUT2D eigenvalue weighted by molar-refractivity contribution is 6.01. The van der Waals surface area contributed by atoms with Gasteiger partial charge in [-0.1, -0.05) is 6.92 Å². The maximum atomic E-state index is 11.9. The van der Waals surface area contributed by atoms with Crippen LogP contribution in [0.1, 0.15) is 30.3 Å². The van der Waals surface area contributed by atoms with Crippen LogP contribution in [-0.2, 0) is 11.3 Å². The van der Waals surface area contributed by atoms with Crippen LogP contribution in [0.5, 0.6) is 0 Å². The van der Waals surface area contributed by atoms with Gasteiger partial charge in [-0.25, -0.2) is 0 Å². The molecule has 110 valence electrons. The molecule has 2 heterocycles. The summed E-state index contributed by atoms with van der Waals surface area (Å²) in [6.07, 6.45) is 7.83. The first-order valence-corrected chi connectivity index (χ1v) is 7.17. The molecular formula is C17H21N3O. The average molecular weight is 283 g/mol. The number of carbonyl (C=O) groups excluding carboxylic acids is 1. The van der Waals surface area contributed by atoms with E-state index in [1.807, 2.05) is 6.08 Å². The minimum atomic E-state index is -0.138. The van der Waals surface area contributed by atoms with Crippen molar-refractivity contribution in [2.45, 2.75) is 33.7 Å². The van der Waals surface area contributed by atoms with Crippen molar-refractivity contribution < 1.29 is 4.79 Å². The third-order valence-corrected chi connectivity index (χ3v) is 3.42. The number of pyridine rings is 1. The standard InChI is InChI=1S/C17H21N3O/c1-4-11-20-13(2)12-15(14(20)3)5-6-17(21)19-16-7-9-18-10-8-16/h5-10,12H,4,11H2,1-3H3,(H,18,19,21)/b6-5-. The van der Waals surface area contributed by atoms with Crippen molar-refractivity contribution in [2.75, 3.05) is 5.32 Å². The molecule has 4 nitrogen and oxygen atoms in total. The van der Waals surface area contributed by atoms with Crippen LogP contribution >= 0.6 is 0 Å². The number of rotatable bonds is 5. The van der Waals surface area contributed by atoms with E-state index in [1.54, 1.807) is 30.6 Å². The molecule has 0 saturated carbocycles. The molecule has 0 aliphatic rings. The summed E-state index contributed by atoms with van der Waals surface area (Å²) in [5, 5.41) is 2.81. The van der Waals surface area contributed by atoms with Crippen molar-refractivity contribution >= 4 is 17.7 Å². The summed E-state index contributed by atoms with van der Waals surface area (Å²) in [4.78, 5) is 15.8. The van der Waals surface area contributed by atoms with E-state index in [0.717, 1.165) is 24.2 Å². The Kier molecular flexibility index (Phi) is 4.93. The molecule has 0 bridgehead atoms. The van der Waals surface area contributed by atoms with E-state index in [0.29, 0.717) is 0 Å². The lowest BCUT2D eigenvalue weighted by Gasteiger charge is -2.06. The molecule has 2 aromatic heterocycles. The molecule has 0 spiro atoms. The van der Waals surface area contributed by atoms with Gasteiger partial charge in [-0.3, -0.25) is 9.78 Å². The van der Waals surface area contributed by atoms with Crippen molar-refractivity contribution in [1.82, 2.24) is 9.55 Å². The zero-order valence-corrected chi connectivity index (χ0v) is 12.8. The molecule has 0 saturated heterocycles. The number of nitrogens with zero attached hydrogens (tertiary/aromatic N) is 2. The van der Waals surface area contributed by atoms with Crippen LogP contribution in [0.4, 0.5) is 5.69 Å². The molecule has 2 rings (SSSR count). The van der Waals surface area contributed by atoms with Crippen molar-refractivity contribution in [3.05, 3.63) is 53.6 Å². The van der Waals surface area contributed by atoms with Gasteiger partial charge in [0.1, 0.15) is 0 Å². The third-order valence-electron chi connectivity index (χ3n) is 3.42. The van der Waals surface area contributed by atoms with Crippen LogP contribution in [-0.4, -0.2) is 15.5 Å². The van der Waals surface area contributed by atoms with Gasteiger partial charge in [-0.2, -0.15) is 0 Å². The van der Waals surface area contributed by atoms with E-state index in [4.69, 9.17) is 0 Å². The second-order valence-electron chi connectivity index (χ2n) is 5.04. The highest BCUT2D eigenvalue weighted by atomic mass is 16.1. The Balaban J connectivity index is 2.07. The normalized spacial score (nSPS) is 11.0. The maximum Gasteiger partial charge on any atom is 0.248 e. The summed E-state index contributed by atoms with van der Waals surface area (Å²) in [6.45, 7) is 7.35. The lowest BCUT2D eigenvalue weighted by Crippen LogP contribution is -2.07. The molecule has 0 atom stereocenters. The Labute approximate surface area is 125 Å². The number of hydrogen-bond acceptors (Lipinski definition) is 2. The van der Waals surface area contributed by atoms with Crippen molar-refractivity contribution in [1.29, 1.82) is 0 Å². The fraction of sp³-hybridized carbons (Fsp3) is 0.294. The quantitative estimate of drug-likeness (QED) is 0.853. The van der Waals surface area contributed by atoms with Crippen LogP contribution in [0.25, 0.3) is 6.08 Å². The Morgan fingerprint density at radius 3 is 2.71 bits per heavy atom. The number of nitrogens with one attached hydrogen (secondary N) is 1. The first kappa shape index (κ1) is 15.0. The highest BCUT2D eigenvalue weighted by Gasteiger charge is 2.06. The van der Waals surface area contributed by atoms with E-state index in [9.17, 15) is 4.79 Å². The molecular weight excluding hydrogens is 262 g/mol. The Bertz CT molecular complexity index is 642. The molecule has 0 aromatic carbocycles. The first-order valence-electron chi connectivity index (χ1n) is 7.17. The fourth-order valence-corrected chi connectivity index (χ4v) is 2.35. The number of aromatic nitrogens is 2. The van der Waals surface area contributed by atoms with Gasteiger partial charge in [0, 0.05) is 42.1 Å². The Morgan fingerprint density at radius 2 is 2.05 bits per heavy atom. The Hall–Kier alpha value is -2.36. The van der Waals surface area contributed by atoms with Gasteiger partial charge in [0.25, 0.3) is 0 Å². The number of amides is 1. The molecule has 1 N–H and O–H groups in total. The molecule has 21 heavy (non-hydrogen) atoms. The van der Waals surface area contributed by atoms with E-state index >= 15 is 0 Å². The summed E-state index contributed by atoms with van der Waals surface area (Å²) in [7, 11) is 0. The molecule has 0 fully saturated rings. The van der Waals surface area contributed by atoms with Gasteiger partial charge in [-0.05, 0) is 50.1 Å². The van der Waals surface area contributed by atoms with Crippen LogP contribution in [0.15, 0.2) is 36.7 Å². The van der Waals surface area contributed by atoms with Gasteiger partial charge >= 0.3 is 0 Å². The topological polar surface area (TPSA) is 46.9 Å². The lowest BCUT2D eigenvalue weighted by molar-refractivity contribution is -0.111. The Morgan fingerprint density at radius 1 is 1.33 bits per heavy atom. The molecule has 0 radical (unpaired) electrons. The smallest absolute Gasteiger partial charge is 0.248 e. The summed E-state index contributed by atoms with van der Waals surface area (Å²) in [5.41, 5.74) is 4.26. The predicted octanol–water partition coefficient (Wildman–Crippen LogP) is 3.56. The number of hydrogen-bond donors (Lipinski definition) is 1. The molecule has 0 aliphatic carbocycles. The van der Waals surface area contributed by atoms with Crippen molar-refractivity contribution in [3.8, 4) is 0 Å². The van der Waals surface area contributed by atoms with Gasteiger partial charge < -0.3 is 9.88 Å². The maximum absolute atomic E-state index is 11.9. The van der Waals surface area contributed by atoms with Gasteiger partial charge in [-0.15, -0.1) is 0 Å². The van der Waals surface area contributed by atoms with Crippen LogP contribution < -0.4 is 5.32 Å². The number of carbonyl (C=O) groups is 1. The lowest BCUT2D eigenvalue weighted by atomic mass is 10.2. The minimum absolute atomic E-state index is 0.138. The third kappa shape index (κ3) is 3.81. The summed E-state index contributed by atoms with van der Waals surface area (Å²) < 4.78 is 2.28. The van der Waals surface area contributed by atoms with Gasteiger partial charge in [0.2, 0.25) is 5.91 Å². The van der Waals surface area contributed by atoms with Crippen LogP contribution in [0.2, 0.25) is 0 Å². The van der Waals surface area contributed by atoms with E-state index in [2.05, 4.69) is 41.7 Å². The molecule has 0 aliphatic heterocycles. The molecule has 1 amide bonds. The van der Waals surface area contributed by atoms with E-state index < -0.39 is 0 Å². The molecule has 0 unspecified atom stereocenters. The number of aryl methyl sites for hydroxylation is 1. The molecule has 4 heteroatoms. The summed E-state index contributed by atoms with van der Waals surface area (Å²) in [6, 6.07) is 5.64. The van der Waals surface area contributed by atoms with Crippen molar-refractivity contribution in [2.24, 2.45) is 0 Å². The SMILES string of the molecule is CCCn1c(C)cc(/C=C\C(=O)Nc2ccncc2)c1C. The summed E-state index contributed by atoms with van der Waals surface area (Å²) >= 11 is 0. The second kappa shape index (κ2) is 6.88. The van der Waals surface area contributed by atoms with Crippen LogP contribution in [0, 0.1) is 13.8 Å². The number of anilines is 1. The average Bonchev–Trinajstić information content (AvgIpc) is 2.74. The predicted molar refractivity (Wildman–Crippen MR) is 86.1 cm³/mol. The van der Waals surface area contributed by atoms with Gasteiger partial charge in [0.15, 0.2) is 0 Å². The van der Waals surface area contributed by atoms with Gasteiger partial charge in [0.05, 0.1) is 0 Å². The zero-order chi connectivity index (χ0) is 15.2. The monoisotopic (exact) mass is 283 g/mol. The highest BCUT2D eigenvalue weighted by Crippen LogP contribution is 2.17. The summed E-state index contributed by atoms with van der Waals surface area (Å²) in [5.74, 6) is -0.138. The minimum Gasteiger partial charge on any atom is -0.349 e. The fourth-order valence-electron chi connectivity index (χ4n) is 2.35. The van der Waals surface area contributed by atoms with E-state index in [1.165, 1.54) is 11.4 Å².